The van der Waals surface area contributed by atoms with Gasteiger partial charge in [-0.1, -0.05) is 17.7 Å². The zero-order valence-corrected chi connectivity index (χ0v) is 14.3. The fraction of sp³-hybridized carbons (Fsp3) is 0.111. The van der Waals surface area contributed by atoms with E-state index in [1.807, 2.05) is 18.2 Å². The van der Waals surface area contributed by atoms with E-state index in [0.29, 0.717) is 24.0 Å². The second-order valence-electron chi connectivity index (χ2n) is 5.56. The number of hydrogen-bond acceptors (Lipinski definition) is 6. The highest BCUT2D eigenvalue weighted by Crippen LogP contribution is 2.32. The number of fused-ring (bicyclic) bond motifs is 1. The molecule has 0 bridgehead atoms. The van der Waals surface area contributed by atoms with Crippen molar-refractivity contribution in [3.63, 3.8) is 0 Å². The van der Waals surface area contributed by atoms with Crippen LogP contribution < -0.4 is 20.1 Å². The Balaban J connectivity index is 1.43. The highest BCUT2D eigenvalue weighted by atomic mass is 35.5. The minimum atomic E-state index is -0.475. The molecule has 2 N–H and O–H groups in total. The molecule has 2 heterocycles. The molecular formula is C18H14ClFN4O2. The SMILES string of the molecule is Fc1ccc(Nc2nccc(NCc3ccc4c(c3)OCO4)n2)cc1Cl. The van der Waals surface area contributed by atoms with Crippen LogP contribution in [0.5, 0.6) is 11.5 Å². The van der Waals surface area contributed by atoms with Gasteiger partial charge >= 0.3 is 0 Å². The van der Waals surface area contributed by atoms with Gasteiger partial charge in [-0.3, -0.25) is 0 Å². The van der Waals surface area contributed by atoms with Gasteiger partial charge in [0.15, 0.2) is 11.5 Å². The van der Waals surface area contributed by atoms with Crippen molar-refractivity contribution >= 4 is 29.1 Å². The first-order chi connectivity index (χ1) is 12.7. The molecular weight excluding hydrogens is 359 g/mol. The molecule has 0 spiro atoms. The second kappa shape index (κ2) is 7.05. The molecule has 0 atom stereocenters. The normalized spacial score (nSPS) is 12.1. The second-order valence-corrected chi connectivity index (χ2v) is 5.97. The minimum absolute atomic E-state index is 0.0343. The summed E-state index contributed by atoms with van der Waals surface area (Å²) in [6.07, 6.45) is 1.63. The van der Waals surface area contributed by atoms with Gasteiger partial charge in [0.25, 0.3) is 0 Å². The lowest BCUT2D eigenvalue weighted by Gasteiger charge is -2.09. The standard InChI is InChI=1S/C18H14ClFN4O2/c19-13-8-12(2-3-14(13)20)23-18-21-6-5-17(24-18)22-9-11-1-4-15-16(7-11)26-10-25-15/h1-8H,9-10H2,(H2,21,22,23,24). The summed E-state index contributed by atoms with van der Waals surface area (Å²) in [6.45, 7) is 0.816. The van der Waals surface area contributed by atoms with Crippen LogP contribution >= 0.6 is 11.6 Å². The Morgan fingerprint density at radius 3 is 2.85 bits per heavy atom. The highest BCUT2D eigenvalue weighted by Gasteiger charge is 2.13. The van der Waals surface area contributed by atoms with Crippen LogP contribution in [0.15, 0.2) is 48.7 Å². The van der Waals surface area contributed by atoms with Crippen LogP contribution in [0.4, 0.5) is 21.8 Å². The zero-order valence-electron chi connectivity index (χ0n) is 13.5. The van der Waals surface area contributed by atoms with Crippen LogP contribution in [0.3, 0.4) is 0 Å². The van der Waals surface area contributed by atoms with Gasteiger partial charge in [-0.25, -0.2) is 9.37 Å². The first-order valence-corrected chi connectivity index (χ1v) is 8.23. The molecule has 26 heavy (non-hydrogen) atoms. The summed E-state index contributed by atoms with van der Waals surface area (Å²) < 4.78 is 23.9. The van der Waals surface area contributed by atoms with Gasteiger partial charge < -0.3 is 20.1 Å². The van der Waals surface area contributed by atoms with Crippen LogP contribution in [0.25, 0.3) is 0 Å². The van der Waals surface area contributed by atoms with Crippen molar-refractivity contribution in [2.24, 2.45) is 0 Å². The van der Waals surface area contributed by atoms with Gasteiger partial charge in [-0.15, -0.1) is 0 Å². The van der Waals surface area contributed by atoms with Crippen molar-refractivity contribution in [1.82, 2.24) is 9.97 Å². The molecule has 0 fully saturated rings. The molecule has 0 amide bonds. The average Bonchev–Trinajstić information content (AvgIpc) is 3.11. The van der Waals surface area contributed by atoms with Crippen LogP contribution in [-0.4, -0.2) is 16.8 Å². The van der Waals surface area contributed by atoms with E-state index in [9.17, 15) is 4.39 Å². The maximum atomic E-state index is 13.2. The van der Waals surface area contributed by atoms with Crippen LogP contribution in [0.2, 0.25) is 5.02 Å². The first kappa shape index (κ1) is 16.4. The van der Waals surface area contributed by atoms with E-state index in [2.05, 4.69) is 20.6 Å². The molecule has 0 radical (unpaired) electrons. The molecule has 1 aliphatic rings. The van der Waals surface area contributed by atoms with E-state index in [-0.39, 0.29) is 11.8 Å². The van der Waals surface area contributed by atoms with E-state index in [1.54, 1.807) is 18.3 Å². The molecule has 0 unspecified atom stereocenters. The van der Waals surface area contributed by atoms with Gasteiger partial charge in [0.2, 0.25) is 12.7 Å². The maximum absolute atomic E-state index is 13.2. The third kappa shape index (κ3) is 3.62. The number of rotatable bonds is 5. The molecule has 0 saturated carbocycles. The van der Waals surface area contributed by atoms with Crippen molar-refractivity contribution in [2.45, 2.75) is 6.54 Å². The van der Waals surface area contributed by atoms with E-state index in [1.165, 1.54) is 12.1 Å². The van der Waals surface area contributed by atoms with Crippen molar-refractivity contribution < 1.29 is 13.9 Å². The minimum Gasteiger partial charge on any atom is -0.454 e. The van der Waals surface area contributed by atoms with Gasteiger partial charge in [-0.2, -0.15) is 4.98 Å². The average molecular weight is 373 g/mol. The van der Waals surface area contributed by atoms with Crippen molar-refractivity contribution in [1.29, 1.82) is 0 Å². The Morgan fingerprint density at radius 2 is 1.96 bits per heavy atom. The number of ether oxygens (including phenoxy) is 2. The molecule has 132 valence electrons. The quantitative estimate of drug-likeness (QED) is 0.693. The van der Waals surface area contributed by atoms with E-state index >= 15 is 0 Å². The highest BCUT2D eigenvalue weighted by molar-refractivity contribution is 6.31. The Morgan fingerprint density at radius 1 is 1.08 bits per heavy atom. The zero-order chi connectivity index (χ0) is 17.9. The molecule has 2 aromatic carbocycles. The summed E-state index contributed by atoms with van der Waals surface area (Å²) in [5, 5.41) is 6.25. The maximum Gasteiger partial charge on any atom is 0.231 e. The summed E-state index contributed by atoms with van der Waals surface area (Å²) in [6, 6.07) is 11.9. The Kier molecular flexibility index (Phi) is 4.45. The van der Waals surface area contributed by atoms with E-state index in [4.69, 9.17) is 21.1 Å². The molecule has 1 aromatic heterocycles. The van der Waals surface area contributed by atoms with Gasteiger partial charge in [0.05, 0.1) is 5.02 Å². The van der Waals surface area contributed by atoms with Crippen molar-refractivity contribution in [3.05, 3.63) is 65.1 Å². The summed E-state index contributed by atoms with van der Waals surface area (Å²) >= 11 is 5.78. The topological polar surface area (TPSA) is 68.3 Å². The number of nitrogens with one attached hydrogen (secondary N) is 2. The number of nitrogens with zero attached hydrogens (tertiary/aromatic N) is 2. The molecule has 0 aliphatic carbocycles. The van der Waals surface area contributed by atoms with Crippen molar-refractivity contribution in [3.8, 4) is 11.5 Å². The first-order valence-electron chi connectivity index (χ1n) is 7.85. The Labute approximate surface area is 154 Å². The largest absolute Gasteiger partial charge is 0.454 e. The summed E-state index contributed by atoms with van der Waals surface area (Å²) in [7, 11) is 0. The lowest BCUT2D eigenvalue weighted by molar-refractivity contribution is 0.174. The summed E-state index contributed by atoms with van der Waals surface area (Å²) in [5.41, 5.74) is 1.64. The third-order valence-corrected chi connectivity index (χ3v) is 4.03. The van der Waals surface area contributed by atoms with Gasteiger partial charge in [-0.05, 0) is 42.0 Å². The summed E-state index contributed by atoms with van der Waals surface area (Å²) in [5.74, 6) is 2.04. The number of aromatic nitrogens is 2. The van der Waals surface area contributed by atoms with E-state index in [0.717, 1.165) is 17.1 Å². The molecule has 8 heteroatoms. The lowest BCUT2D eigenvalue weighted by atomic mass is 10.2. The monoisotopic (exact) mass is 372 g/mol. The van der Waals surface area contributed by atoms with Crippen LogP contribution in [0, 0.1) is 5.82 Å². The third-order valence-electron chi connectivity index (χ3n) is 3.74. The Hall–Kier alpha value is -3.06. The molecule has 6 nitrogen and oxygen atoms in total. The molecule has 0 saturated heterocycles. The fourth-order valence-electron chi connectivity index (χ4n) is 2.46. The van der Waals surface area contributed by atoms with Crippen LogP contribution in [-0.2, 0) is 6.54 Å². The smallest absolute Gasteiger partial charge is 0.231 e. The number of anilines is 3. The predicted octanol–water partition coefficient (Wildman–Crippen LogP) is 4.35. The van der Waals surface area contributed by atoms with Crippen molar-refractivity contribution in [2.75, 3.05) is 17.4 Å². The Bertz CT molecular complexity index is 954. The number of benzene rings is 2. The number of halogens is 2. The van der Waals surface area contributed by atoms with E-state index < -0.39 is 5.82 Å². The predicted molar refractivity (Wildman–Crippen MR) is 96.6 cm³/mol. The fourth-order valence-corrected chi connectivity index (χ4v) is 2.64. The number of hydrogen-bond donors (Lipinski definition) is 2. The molecule has 1 aliphatic heterocycles. The molecule has 4 rings (SSSR count). The van der Waals surface area contributed by atoms with Gasteiger partial charge in [0, 0.05) is 18.4 Å². The van der Waals surface area contributed by atoms with Crippen LogP contribution in [0.1, 0.15) is 5.56 Å². The van der Waals surface area contributed by atoms with Gasteiger partial charge in [0.1, 0.15) is 11.6 Å². The molecule has 3 aromatic rings. The lowest BCUT2D eigenvalue weighted by Crippen LogP contribution is -2.04. The summed E-state index contributed by atoms with van der Waals surface area (Å²) in [4.78, 5) is 8.53.